The normalized spacial score (nSPS) is 24.9. The van der Waals surface area contributed by atoms with Gasteiger partial charge in [0, 0.05) is 13.1 Å². The highest BCUT2D eigenvalue weighted by atomic mass is 19.4. The van der Waals surface area contributed by atoms with Crippen molar-refractivity contribution in [1.29, 1.82) is 0 Å². The Balaban J connectivity index is 2.04. The summed E-state index contributed by atoms with van der Waals surface area (Å²) in [5.74, 6) is -3.06. The lowest BCUT2D eigenvalue weighted by molar-refractivity contribution is -0.191. The van der Waals surface area contributed by atoms with Crippen LogP contribution in [0.1, 0.15) is 25.7 Å². The number of aliphatic carboxylic acids is 1. The van der Waals surface area contributed by atoms with Gasteiger partial charge < -0.3 is 15.1 Å². The third-order valence-corrected chi connectivity index (χ3v) is 4.17. The summed E-state index contributed by atoms with van der Waals surface area (Å²) in [6.45, 7) is -0.548. The number of carboxylic acid groups (broad SMARTS) is 1. The fourth-order valence-electron chi connectivity index (χ4n) is 2.74. The maximum Gasteiger partial charge on any atom is 0.471 e. The van der Waals surface area contributed by atoms with E-state index in [2.05, 4.69) is 0 Å². The Bertz CT molecular complexity index is 409. The smallest absolute Gasteiger partial charge is 0.471 e. The molecule has 1 saturated carbocycles. The van der Waals surface area contributed by atoms with Crippen molar-refractivity contribution >= 4 is 11.9 Å². The molecule has 108 valence electrons. The van der Waals surface area contributed by atoms with Crippen LogP contribution in [0.5, 0.6) is 0 Å². The minimum Gasteiger partial charge on any atom is -0.481 e. The highest BCUT2D eigenvalue weighted by molar-refractivity contribution is 5.82. The van der Waals surface area contributed by atoms with Crippen LogP contribution in [0.4, 0.5) is 13.2 Å². The summed E-state index contributed by atoms with van der Waals surface area (Å²) in [6.07, 6.45) is -4.56. The van der Waals surface area contributed by atoms with Gasteiger partial charge in [-0.3, -0.25) is 9.59 Å². The van der Waals surface area contributed by atoms with Gasteiger partial charge in [-0.25, -0.2) is 0 Å². The van der Waals surface area contributed by atoms with Crippen LogP contribution < -0.4 is 0 Å². The lowest BCUT2D eigenvalue weighted by Crippen LogP contribution is -2.55. The number of nitrogens with zero attached hydrogens (tertiary/aromatic N) is 1. The molecule has 2 aliphatic rings. The molecule has 1 aliphatic heterocycles. The van der Waals surface area contributed by atoms with Crippen LogP contribution in [0.3, 0.4) is 0 Å². The number of alkyl halides is 3. The second kappa shape index (κ2) is 4.09. The SMILES string of the molecule is O=C(N1CCC(O)(C2(C(=O)O)CC2)CC1)C(F)(F)F. The Morgan fingerprint density at radius 1 is 1.05 bits per heavy atom. The monoisotopic (exact) mass is 281 g/mol. The van der Waals surface area contributed by atoms with Gasteiger partial charge in [0.2, 0.25) is 0 Å². The van der Waals surface area contributed by atoms with E-state index in [1.54, 1.807) is 0 Å². The van der Waals surface area contributed by atoms with Crippen molar-refractivity contribution in [3.8, 4) is 0 Å². The minimum absolute atomic E-state index is 0.138. The van der Waals surface area contributed by atoms with Crippen molar-refractivity contribution in [2.45, 2.75) is 37.5 Å². The number of hydrogen-bond donors (Lipinski definition) is 2. The standard InChI is InChI=1S/C11H14F3NO4/c12-11(13,14)7(16)15-5-3-10(19,4-6-15)9(1-2-9)8(17)18/h19H,1-6H2,(H,17,18). The van der Waals surface area contributed by atoms with Crippen molar-refractivity contribution < 1.29 is 33.0 Å². The number of amides is 1. The second-order valence-electron chi connectivity index (χ2n) is 5.21. The molecular formula is C11H14F3NO4. The number of hydrogen-bond acceptors (Lipinski definition) is 3. The first-order chi connectivity index (χ1) is 8.62. The molecule has 1 amide bonds. The Morgan fingerprint density at radius 2 is 1.53 bits per heavy atom. The zero-order valence-electron chi connectivity index (χ0n) is 10.0. The van der Waals surface area contributed by atoms with Crippen molar-refractivity contribution in [1.82, 2.24) is 4.90 Å². The highest BCUT2D eigenvalue weighted by Gasteiger charge is 2.65. The van der Waals surface area contributed by atoms with Crippen molar-refractivity contribution in [3.63, 3.8) is 0 Å². The number of rotatable bonds is 2. The van der Waals surface area contributed by atoms with E-state index in [-0.39, 0.29) is 25.9 Å². The van der Waals surface area contributed by atoms with E-state index < -0.39 is 29.1 Å². The summed E-state index contributed by atoms with van der Waals surface area (Å²) in [6, 6.07) is 0. The molecule has 0 unspecified atom stereocenters. The van der Waals surface area contributed by atoms with Crippen LogP contribution in [-0.4, -0.2) is 51.9 Å². The Hall–Kier alpha value is -1.31. The van der Waals surface area contributed by atoms with Gasteiger partial charge in [-0.15, -0.1) is 0 Å². The number of likely N-dealkylation sites (tertiary alicyclic amines) is 1. The van der Waals surface area contributed by atoms with Gasteiger partial charge >= 0.3 is 18.1 Å². The third-order valence-electron chi connectivity index (χ3n) is 4.17. The average molecular weight is 281 g/mol. The van der Waals surface area contributed by atoms with Crippen LogP contribution in [0.15, 0.2) is 0 Å². The predicted octanol–water partition coefficient (Wildman–Crippen LogP) is 0.767. The molecular weight excluding hydrogens is 267 g/mol. The number of carboxylic acids is 1. The quantitative estimate of drug-likeness (QED) is 0.783. The van der Waals surface area contributed by atoms with E-state index in [0.29, 0.717) is 17.7 Å². The van der Waals surface area contributed by atoms with Crippen molar-refractivity contribution in [2.75, 3.05) is 13.1 Å². The summed E-state index contributed by atoms with van der Waals surface area (Å²) in [5.41, 5.74) is -2.75. The van der Waals surface area contributed by atoms with Gasteiger partial charge in [0.15, 0.2) is 0 Å². The van der Waals surface area contributed by atoms with Gasteiger partial charge in [-0.05, 0) is 25.7 Å². The molecule has 0 atom stereocenters. The molecule has 0 aromatic rings. The van der Waals surface area contributed by atoms with E-state index in [1.807, 2.05) is 0 Å². The molecule has 0 spiro atoms. The number of aliphatic hydroxyl groups is 1. The summed E-state index contributed by atoms with van der Waals surface area (Å²) >= 11 is 0. The molecule has 19 heavy (non-hydrogen) atoms. The molecule has 2 fully saturated rings. The summed E-state index contributed by atoms with van der Waals surface area (Å²) < 4.78 is 36.8. The molecule has 8 heteroatoms. The van der Waals surface area contributed by atoms with Crippen LogP contribution in [-0.2, 0) is 9.59 Å². The molecule has 0 aromatic heterocycles. The van der Waals surface area contributed by atoms with Crippen molar-refractivity contribution in [3.05, 3.63) is 0 Å². The van der Waals surface area contributed by atoms with Crippen LogP contribution in [0, 0.1) is 5.41 Å². The largest absolute Gasteiger partial charge is 0.481 e. The van der Waals surface area contributed by atoms with Crippen LogP contribution in [0.2, 0.25) is 0 Å². The first kappa shape index (κ1) is 14.1. The maximum absolute atomic E-state index is 12.3. The zero-order valence-corrected chi connectivity index (χ0v) is 10.0. The van der Waals surface area contributed by atoms with Gasteiger partial charge in [0.1, 0.15) is 0 Å². The Morgan fingerprint density at radius 3 is 1.84 bits per heavy atom. The number of carbonyl (C=O) groups excluding carboxylic acids is 1. The summed E-state index contributed by atoms with van der Waals surface area (Å²) in [5, 5.41) is 19.4. The summed E-state index contributed by atoms with van der Waals surface area (Å²) in [7, 11) is 0. The first-order valence-electron chi connectivity index (χ1n) is 5.94. The van der Waals surface area contributed by atoms with Gasteiger partial charge in [-0.1, -0.05) is 0 Å². The highest BCUT2D eigenvalue weighted by Crippen LogP contribution is 2.57. The molecule has 2 N–H and O–H groups in total. The average Bonchev–Trinajstić information content (AvgIpc) is 3.09. The first-order valence-corrected chi connectivity index (χ1v) is 5.94. The van der Waals surface area contributed by atoms with E-state index in [1.165, 1.54) is 0 Å². The lowest BCUT2D eigenvalue weighted by Gasteiger charge is -2.41. The zero-order chi connectivity index (χ0) is 14.5. The molecule has 0 aromatic carbocycles. The van der Waals surface area contributed by atoms with Crippen LogP contribution >= 0.6 is 0 Å². The van der Waals surface area contributed by atoms with Gasteiger partial charge in [0.05, 0.1) is 11.0 Å². The molecule has 0 bridgehead atoms. The minimum atomic E-state index is -4.93. The van der Waals surface area contributed by atoms with E-state index in [4.69, 9.17) is 5.11 Å². The van der Waals surface area contributed by atoms with Crippen molar-refractivity contribution in [2.24, 2.45) is 5.41 Å². The molecule has 2 rings (SSSR count). The molecule has 1 heterocycles. The van der Waals surface area contributed by atoms with E-state index >= 15 is 0 Å². The van der Waals surface area contributed by atoms with E-state index in [0.717, 1.165) is 0 Å². The molecule has 5 nitrogen and oxygen atoms in total. The molecule has 1 saturated heterocycles. The van der Waals surface area contributed by atoms with Crippen LogP contribution in [0.25, 0.3) is 0 Å². The Labute approximate surface area is 107 Å². The topological polar surface area (TPSA) is 77.8 Å². The molecule has 0 radical (unpaired) electrons. The predicted molar refractivity (Wildman–Crippen MR) is 56.1 cm³/mol. The van der Waals surface area contributed by atoms with E-state index in [9.17, 15) is 27.9 Å². The van der Waals surface area contributed by atoms with Gasteiger partial charge in [0.25, 0.3) is 0 Å². The fourth-order valence-corrected chi connectivity index (χ4v) is 2.74. The van der Waals surface area contributed by atoms with Gasteiger partial charge in [-0.2, -0.15) is 13.2 Å². The number of halogens is 3. The second-order valence-corrected chi connectivity index (χ2v) is 5.21. The summed E-state index contributed by atoms with van der Waals surface area (Å²) in [4.78, 5) is 22.8. The number of piperidine rings is 1. The molecule has 1 aliphatic carbocycles. The number of carbonyl (C=O) groups is 2. The Kier molecular flexibility index (Phi) is 3.04. The third kappa shape index (κ3) is 2.18. The fraction of sp³-hybridized carbons (Fsp3) is 0.818. The lowest BCUT2D eigenvalue weighted by atomic mass is 9.76. The maximum atomic E-state index is 12.3.